The zero-order valence-corrected chi connectivity index (χ0v) is 9.75. The molecular weight excluding hydrogens is 232 g/mol. The van der Waals surface area contributed by atoms with Crippen molar-refractivity contribution in [2.24, 2.45) is 0 Å². The first-order chi connectivity index (χ1) is 5.38. The van der Waals surface area contributed by atoms with Crippen LogP contribution in [-0.2, 0) is 0 Å². The van der Waals surface area contributed by atoms with Gasteiger partial charge in [-0.15, -0.1) is 23.5 Å². The van der Waals surface area contributed by atoms with Gasteiger partial charge < -0.3 is 0 Å². The number of hydrogen-bond donors (Lipinski definition) is 0. The predicted molar refractivity (Wildman–Crippen MR) is 59.1 cm³/mol. The Morgan fingerprint density at radius 3 is 2.82 bits per heavy atom. The van der Waals surface area contributed by atoms with Crippen molar-refractivity contribution in [3.8, 4) is 0 Å². The van der Waals surface area contributed by atoms with Gasteiger partial charge in [0.25, 0.3) is 0 Å². The van der Waals surface area contributed by atoms with Crippen molar-refractivity contribution in [3.63, 3.8) is 0 Å². The first-order valence-corrected chi connectivity index (χ1v) is 7.79. The van der Waals surface area contributed by atoms with E-state index in [9.17, 15) is 0 Å². The summed E-state index contributed by atoms with van der Waals surface area (Å²) in [6.45, 7) is 0. The van der Waals surface area contributed by atoms with Gasteiger partial charge in [0.15, 0.2) is 0 Å². The standard InChI is InChI=1S/C6H6S5/c7-5-4-6(11-10-5)9-3-1-2-8-4/h1-3H2. The van der Waals surface area contributed by atoms with Gasteiger partial charge in [-0.3, -0.25) is 0 Å². The molecule has 0 N–H and O–H groups in total. The molecule has 0 aromatic carbocycles. The van der Waals surface area contributed by atoms with E-state index >= 15 is 0 Å². The molecule has 0 unspecified atom stereocenters. The molecule has 60 valence electrons. The summed E-state index contributed by atoms with van der Waals surface area (Å²) in [6.07, 6.45) is 1.32. The van der Waals surface area contributed by atoms with E-state index in [0.29, 0.717) is 0 Å². The molecule has 0 radical (unpaired) electrons. The highest BCUT2D eigenvalue weighted by Crippen LogP contribution is 2.42. The Bertz CT molecular complexity index is 296. The average molecular weight is 238 g/mol. The van der Waals surface area contributed by atoms with E-state index in [1.54, 1.807) is 10.3 Å². The van der Waals surface area contributed by atoms with E-state index in [1.165, 1.54) is 27.0 Å². The number of fused-ring (bicyclic) bond motifs is 1. The van der Waals surface area contributed by atoms with Gasteiger partial charge in [0.1, 0.15) is 3.82 Å². The molecule has 5 heteroatoms. The molecule has 0 atom stereocenters. The Labute approximate surface area is 86.8 Å². The van der Waals surface area contributed by atoms with E-state index < -0.39 is 0 Å². The van der Waals surface area contributed by atoms with Crippen LogP contribution in [0.25, 0.3) is 0 Å². The second-order valence-corrected chi connectivity index (χ2v) is 7.41. The third kappa shape index (κ3) is 1.83. The second-order valence-electron chi connectivity index (χ2n) is 2.12. The van der Waals surface area contributed by atoms with Crippen LogP contribution < -0.4 is 0 Å². The fourth-order valence-electron chi connectivity index (χ4n) is 0.840. The Hall–Kier alpha value is 0.970. The molecule has 2 rings (SSSR count). The zero-order valence-electron chi connectivity index (χ0n) is 5.66. The van der Waals surface area contributed by atoms with Crippen LogP contribution in [0.5, 0.6) is 0 Å². The maximum atomic E-state index is 5.23. The summed E-state index contributed by atoms with van der Waals surface area (Å²) in [5, 5.41) is 0. The highest BCUT2D eigenvalue weighted by atomic mass is 32.9. The lowest BCUT2D eigenvalue weighted by Crippen LogP contribution is -1.76. The minimum Gasteiger partial charge on any atom is -0.122 e. The summed E-state index contributed by atoms with van der Waals surface area (Å²) in [5.41, 5.74) is 0. The molecule has 0 bridgehead atoms. The van der Waals surface area contributed by atoms with Crippen molar-refractivity contribution in [1.29, 1.82) is 0 Å². The molecule has 1 aromatic rings. The molecule has 1 aromatic heterocycles. The van der Waals surface area contributed by atoms with Crippen molar-refractivity contribution in [2.45, 2.75) is 15.5 Å². The second kappa shape index (κ2) is 3.79. The summed E-state index contributed by atoms with van der Waals surface area (Å²) in [6, 6.07) is 0. The lowest BCUT2D eigenvalue weighted by molar-refractivity contribution is 1.13. The minimum absolute atomic E-state index is 1.10. The molecule has 0 aliphatic carbocycles. The number of hydrogen-bond acceptors (Lipinski definition) is 5. The van der Waals surface area contributed by atoms with Crippen LogP contribution in [0.2, 0.25) is 0 Å². The average Bonchev–Trinajstić information content (AvgIpc) is 2.25. The maximum Gasteiger partial charge on any atom is 0.116 e. The fraction of sp³-hybridized carbons (Fsp3) is 0.500. The molecule has 0 saturated heterocycles. The molecule has 0 fully saturated rings. The first-order valence-electron chi connectivity index (χ1n) is 3.26. The lowest BCUT2D eigenvalue weighted by Gasteiger charge is -1.91. The predicted octanol–water partition coefficient (Wildman–Crippen LogP) is 4.13. The third-order valence-electron chi connectivity index (χ3n) is 1.33. The number of thioether (sulfide) groups is 2. The Kier molecular flexibility index (Phi) is 2.95. The molecule has 0 saturated carbocycles. The molecule has 2 heterocycles. The molecule has 0 spiro atoms. The van der Waals surface area contributed by atoms with Gasteiger partial charge in [-0.25, -0.2) is 0 Å². The molecule has 0 amide bonds. The van der Waals surface area contributed by atoms with Crippen molar-refractivity contribution in [2.75, 3.05) is 11.5 Å². The fourth-order valence-corrected chi connectivity index (χ4v) is 7.22. The van der Waals surface area contributed by atoms with Gasteiger partial charge in [0, 0.05) is 0 Å². The highest BCUT2D eigenvalue weighted by molar-refractivity contribution is 8.06. The van der Waals surface area contributed by atoms with Gasteiger partial charge in [-0.05, 0) is 17.9 Å². The van der Waals surface area contributed by atoms with Crippen LogP contribution in [0, 0.1) is 3.82 Å². The zero-order chi connectivity index (χ0) is 7.68. The Morgan fingerprint density at radius 2 is 1.91 bits per heavy atom. The Morgan fingerprint density at radius 1 is 1.09 bits per heavy atom. The summed E-state index contributed by atoms with van der Waals surface area (Å²) in [4.78, 5) is 1.39. The van der Waals surface area contributed by atoms with Crippen molar-refractivity contribution < 1.29 is 0 Å². The molecule has 11 heavy (non-hydrogen) atoms. The van der Waals surface area contributed by atoms with Crippen LogP contribution >= 0.6 is 56.4 Å². The molecule has 1 aliphatic heterocycles. The van der Waals surface area contributed by atoms with Gasteiger partial charge >= 0.3 is 0 Å². The van der Waals surface area contributed by atoms with E-state index in [2.05, 4.69) is 0 Å². The third-order valence-corrected chi connectivity index (χ3v) is 7.73. The smallest absolute Gasteiger partial charge is 0.116 e. The van der Waals surface area contributed by atoms with E-state index in [0.717, 1.165) is 3.82 Å². The summed E-state index contributed by atoms with van der Waals surface area (Å²) in [7, 11) is 3.59. The number of rotatable bonds is 0. The van der Waals surface area contributed by atoms with Crippen LogP contribution in [0.3, 0.4) is 0 Å². The molecule has 1 aliphatic rings. The van der Waals surface area contributed by atoms with E-state index in [4.69, 9.17) is 12.2 Å². The van der Waals surface area contributed by atoms with Crippen LogP contribution in [0.1, 0.15) is 6.42 Å². The lowest BCUT2D eigenvalue weighted by atomic mass is 10.6. The van der Waals surface area contributed by atoms with Gasteiger partial charge in [-0.1, -0.05) is 32.9 Å². The minimum atomic E-state index is 1.10. The van der Waals surface area contributed by atoms with Gasteiger partial charge in [0.2, 0.25) is 0 Å². The topological polar surface area (TPSA) is 0 Å². The summed E-state index contributed by atoms with van der Waals surface area (Å²) < 4.78 is 2.56. The highest BCUT2D eigenvalue weighted by Gasteiger charge is 2.12. The van der Waals surface area contributed by atoms with E-state index in [-0.39, 0.29) is 0 Å². The van der Waals surface area contributed by atoms with Crippen molar-refractivity contribution in [3.05, 3.63) is 3.82 Å². The van der Waals surface area contributed by atoms with E-state index in [1.807, 2.05) is 33.9 Å². The maximum absolute atomic E-state index is 5.23. The monoisotopic (exact) mass is 238 g/mol. The molecule has 0 nitrogen and oxygen atoms in total. The Balaban J connectivity index is 2.43. The molecular formula is C6H6S5. The van der Waals surface area contributed by atoms with Gasteiger partial charge in [-0.2, -0.15) is 0 Å². The normalized spacial score (nSPS) is 17.5. The van der Waals surface area contributed by atoms with Gasteiger partial charge in [0.05, 0.1) is 9.10 Å². The van der Waals surface area contributed by atoms with Crippen LogP contribution in [-0.4, -0.2) is 11.5 Å². The van der Waals surface area contributed by atoms with Crippen molar-refractivity contribution in [1.82, 2.24) is 0 Å². The van der Waals surface area contributed by atoms with Crippen LogP contribution in [0.15, 0.2) is 9.10 Å². The summed E-state index contributed by atoms with van der Waals surface area (Å²) >= 11 is 9.14. The summed E-state index contributed by atoms with van der Waals surface area (Å²) in [5.74, 6) is 2.51. The van der Waals surface area contributed by atoms with Crippen molar-refractivity contribution >= 4 is 56.4 Å². The van der Waals surface area contributed by atoms with Crippen LogP contribution in [0.4, 0.5) is 0 Å². The SMILES string of the molecule is S=c1ssc2c1SCCCS2. The quantitative estimate of drug-likeness (QED) is 0.493. The first kappa shape index (κ1) is 8.56. The largest absolute Gasteiger partial charge is 0.122 e.